The number of nitrogens with one attached hydrogen (secondary N) is 1. The highest BCUT2D eigenvalue weighted by Crippen LogP contribution is 2.38. The molecule has 3 atom stereocenters. The van der Waals surface area contributed by atoms with Gasteiger partial charge in [-0.1, -0.05) is 314 Å². The third-order valence-electron chi connectivity index (χ3n) is 16.1. The van der Waals surface area contributed by atoms with Crippen molar-refractivity contribution < 1.29 is 37.3 Å². The predicted molar refractivity (Wildman–Crippen MR) is 349 cm³/mol. The zero-order valence-electron chi connectivity index (χ0n) is 54.8. The highest BCUT2D eigenvalue weighted by molar-refractivity contribution is 7.45. The van der Waals surface area contributed by atoms with E-state index >= 15 is 0 Å². The molecule has 0 heterocycles. The first-order valence-corrected chi connectivity index (χ1v) is 36.8. The normalized spacial score (nSPS) is 13.7. The Balaban J connectivity index is 5.06. The van der Waals surface area contributed by atoms with E-state index in [0.29, 0.717) is 17.4 Å². The molecule has 9 nitrogen and oxygen atoms in total. The number of ether oxygens (including phenoxy) is 1. The van der Waals surface area contributed by atoms with Crippen LogP contribution in [0.5, 0.6) is 0 Å². The van der Waals surface area contributed by atoms with Gasteiger partial charge in [-0.2, -0.15) is 0 Å². The van der Waals surface area contributed by atoms with Crippen molar-refractivity contribution in [2.45, 2.75) is 367 Å². The van der Waals surface area contributed by atoms with Gasteiger partial charge >= 0.3 is 5.97 Å². The Bertz CT molecular complexity index is 1480. The molecule has 0 saturated carbocycles. The maximum atomic E-state index is 13.6. The van der Waals surface area contributed by atoms with Crippen molar-refractivity contribution in [3.63, 3.8) is 0 Å². The van der Waals surface area contributed by atoms with Crippen LogP contribution in [0.2, 0.25) is 0 Å². The highest BCUT2D eigenvalue weighted by Gasteiger charge is 2.27. The third-order valence-corrected chi connectivity index (χ3v) is 17.0. The fourth-order valence-corrected chi connectivity index (χ4v) is 11.3. The number of hydrogen-bond donors (Lipinski definition) is 1. The molecule has 0 fully saturated rings. The van der Waals surface area contributed by atoms with Crippen LogP contribution in [0.25, 0.3) is 0 Å². The maximum Gasteiger partial charge on any atom is 0.306 e. The summed E-state index contributed by atoms with van der Waals surface area (Å²) in [5, 5.41) is 3.04. The Morgan fingerprint density at radius 3 is 1.14 bits per heavy atom. The van der Waals surface area contributed by atoms with Gasteiger partial charge in [0, 0.05) is 12.8 Å². The number of quaternary nitrogens is 1. The van der Waals surface area contributed by atoms with E-state index in [4.69, 9.17) is 13.8 Å². The Morgan fingerprint density at radius 2 is 0.753 bits per heavy atom. The molecular formula is C71H137N2O7P. The Labute approximate surface area is 504 Å². The number of allylic oxidation sites excluding steroid dienone is 5. The monoisotopic (exact) mass is 1160 g/mol. The van der Waals surface area contributed by atoms with Crippen LogP contribution in [0.3, 0.4) is 0 Å². The lowest BCUT2D eigenvalue weighted by atomic mass is 10.0. The summed E-state index contributed by atoms with van der Waals surface area (Å²) in [4.78, 5) is 40.1. The quantitative estimate of drug-likeness (QED) is 0.0212. The molecule has 10 heteroatoms. The van der Waals surface area contributed by atoms with Gasteiger partial charge in [0.1, 0.15) is 19.3 Å². The molecule has 0 aliphatic rings. The molecule has 0 saturated heterocycles. The summed E-state index contributed by atoms with van der Waals surface area (Å²) in [6.07, 6.45) is 75.5. The van der Waals surface area contributed by atoms with E-state index < -0.39 is 20.0 Å². The van der Waals surface area contributed by atoms with E-state index in [2.05, 4.69) is 50.4 Å². The van der Waals surface area contributed by atoms with Gasteiger partial charge in [-0.05, 0) is 63.9 Å². The number of nitrogens with zero attached hydrogens (tertiary/aromatic N) is 1. The largest absolute Gasteiger partial charge is 0.756 e. The number of phosphoric ester groups is 1. The number of carbonyl (C=O) groups is 2. The minimum absolute atomic E-state index is 0.0215. The molecule has 1 N–H and O–H groups in total. The SMILES string of the molecule is CCCCC/C=C\C/C=C\CCCCCCCCCC(=O)NC(COP(=O)([O-])OCC[N+](C)(C)C)C(/C=C\CCCCCCCCCCCCC)OC(=O)CCCCCCCCCCCCCCCCCCCCCCCCCCC. The fourth-order valence-electron chi connectivity index (χ4n) is 10.6. The smallest absolute Gasteiger partial charge is 0.306 e. The summed E-state index contributed by atoms with van der Waals surface area (Å²) < 4.78 is 30.4. The average molecular weight is 1160 g/mol. The van der Waals surface area contributed by atoms with Gasteiger partial charge < -0.3 is 28.5 Å². The van der Waals surface area contributed by atoms with Gasteiger partial charge in [-0.25, -0.2) is 0 Å². The Kier molecular flexibility index (Phi) is 60.0. The third kappa shape index (κ3) is 62.6. The molecule has 0 aliphatic heterocycles. The minimum Gasteiger partial charge on any atom is -0.756 e. The molecule has 0 aromatic rings. The lowest BCUT2D eigenvalue weighted by Crippen LogP contribution is -2.47. The van der Waals surface area contributed by atoms with Crippen molar-refractivity contribution >= 4 is 19.7 Å². The number of likely N-dealkylation sites (N-methyl/N-ethyl adjacent to an activating group) is 1. The van der Waals surface area contributed by atoms with Gasteiger partial charge in [-0.3, -0.25) is 14.2 Å². The molecular weight excluding hydrogens is 1020 g/mol. The van der Waals surface area contributed by atoms with Crippen LogP contribution in [0.15, 0.2) is 36.5 Å². The number of amides is 1. The zero-order chi connectivity index (χ0) is 59.3. The molecule has 3 unspecified atom stereocenters. The molecule has 0 rings (SSSR count). The van der Waals surface area contributed by atoms with Crippen LogP contribution in [-0.2, 0) is 27.9 Å². The van der Waals surface area contributed by atoms with Gasteiger partial charge in [0.15, 0.2) is 0 Å². The van der Waals surface area contributed by atoms with Crippen LogP contribution in [-0.4, -0.2) is 69.4 Å². The summed E-state index contributed by atoms with van der Waals surface area (Å²) in [5.74, 6) is -0.531. The predicted octanol–water partition coefficient (Wildman–Crippen LogP) is 21.6. The number of rotatable bonds is 65. The highest BCUT2D eigenvalue weighted by atomic mass is 31.2. The van der Waals surface area contributed by atoms with Crippen molar-refractivity contribution in [2.75, 3.05) is 40.9 Å². The van der Waals surface area contributed by atoms with E-state index in [1.807, 2.05) is 33.3 Å². The van der Waals surface area contributed by atoms with Gasteiger partial charge in [0.25, 0.3) is 7.82 Å². The Hall–Kier alpha value is -1.77. The summed E-state index contributed by atoms with van der Waals surface area (Å²) in [6.45, 7) is 6.87. The van der Waals surface area contributed by atoms with Crippen molar-refractivity contribution in [3.8, 4) is 0 Å². The van der Waals surface area contributed by atoms with E-state index in [0.717, 1.165) is 77.0 Å². The van der Waals surface area contributed by atoms with Crippen LogP contribution in [0.4, 0.5) is 0 Å². The molecule has 0 aliphatic carbocycles. The topological polar surface area (TPSA) is 114 Å². The zero-order valence-corrected chi connectivity index (χ0v) is 55.7. The summed E-state index contributed by atoms with van der Waals surface area (Å²) in [7, 11) is 1.19. The van der Waals surface area contributed by atoms with Crippen LogP contribution >= 0.6 is 7.82 Å². The average Bonchev–Trinajstić information content (AvgIpc) is 3.44. The van der Waals surface area contributed by atoms with Gasteiger partial charge in [0.2, 0.25) is 5.91 Å². The van der Waals surface area contributed by atoms with Gasteiger partial charge in [0.05, 0.1) is 33.8 Å². The standard InChI is InChI=1S/C71H137N2O7P/c1-7-10-13-16-19-22-25-28-30-32-33-34-35-36-37-38-39-41-43-46-49-52-55-58-61-64-71(75)80-69(62-59-56-53-50-47-44-27-24-21-18-15-12-9-3)68(67-79-81(76,77)78-66-65-73(4,5)6)72-70(74)63-60-57-54-51-48-45-42-40-31-29-26-23-20-17-14-11-8-2/h20,23,29,31,59,62,68-69H,7-19,21-22,24-28,30,32-58,60-61,63-67H2,1-6H3,(H-,72,74,76,77)/b23-20-,31-29-,62-59-. The summed E-state index contributed by atoms with van der Waals surface area (Å²) in [5.41, 5.74) is 0. The van der Waals surface area contributed by atoms with E-state index in [1.54, 1.807) is 0 Å². The van der Waals surface area contributed by atoms with Crippen molar-refractivity contribution in [1.29, 1.82) is 0 Å². The molecule has 0 aromatic carbocycles. The second kappa shape index (κ2) is 61.3. The van der Waals surface area contributed by atoms with E-state index in [-0.39, 0.29) is 31.5 Å². The fraction of sp³-hybridized carbons (Fsp3) is 0.887. The second-order valence-corrected chi connectivity index (χ2v) is 26.8. The number of hydrogen-bond acceptors (Lipinski definition) is 7. The molecule has 0 spiro atoms. The number of unbranched alkanes of at least 4 members (excludes halogenated alkanes) is 45. The number of phosphoric acid groups is 1. The summed E-state index contributed by atoms with van der Waals surface area (Å²) in [6, 6.07) is -0.890. The lowest BCUT2D eigenvalue weighted by molar-refractivity contribution is -0.870. The molecule has 0 aromatic heterocycles. The molecule has 0 bridgehead atoms. The summed E-state index contributed by atoms with van der Waals surface area (Å²) >= 11 is 0. The second-order valence-electron chi connectivity index (χ2n) is 25.4. The first-order chi connectivity index (χ1) is 39.4. The van der Waals surface area contributed by atoms with Crippen molar-refractivity contribution in [3.05, 3.63) is 36.5 Å². The number of esters is 1. The van der Waals surface area contributed by atoms with Gasteiger partial charge in [-0.15, -0.1) is 0 Å². The molecule has 0 radical (unpaired) electrons. The first-order valence-electron chi connectivity index (χ1n) is 35.3. The van der Waals surface area contributed by atoms with Crippen LogP contribution < -0.4 is 10.2 Å². The number of carbonyl (C=O) groups excluding carboxylic acids is 2. The Morgan fingerprint density at radius 1 is 0.432 bits per heavy atom. The molecule has 1 amide bonds. The van der Waals surface area contributed by atoms with E-state index in [9.17, 15) is 19.0 Å². The van der Waals surface area contributed by atoms with Crippen LogP contribution in [0.1, 0.15) is 355 Å². The first kappa shape index (κ1) is 79.2. The molecule has 81 heavy (non-hydrogen) atoms. The van der Waals surface area contributed by atoms with Crippen molar-refractivity contribution in [2.24, 2.45) is 0 Å². The maximum absolute atomic E-state index is 13.6. The minimum atomic E-state index is -4.70. The van der Waals surface area contributed by atoms with Crippen molar-refractivity contribution in [1.82, 2.24) is 5.32 Å². The van der Waals surface area contributed by atoms with E-state index in [1.165, 1.54) is 244 Å². The van der Waals surface area contributed by atoms with Crippen LogP contribution in [0, 0.1) is 0 Å². The lowest BCUT2D eigenvalue weighted by Gasteiger charge is -2.30. The molecule has 478 valence electrons.